The molecule has 0 saturated heterocycles. The van der Waals surface area contributed by atoms with Crippen molar-refractivity contribution in [1.82, 2.24) is 39.7 Å². The first-order valence-corrected chi connectivity index (χ1v) is 22.8. The van der Waals surface area contributed by atoms with Gasteiger partial charge in [-0.3, -0.25) is 9.59 Å². The first-order valence-electron chi connectivity index (χ1n) is 22.4. The second-order valence-corrected chi connectivity index (χ2v) is 16.1. The second kappa shape index (κ2) is 28.4. The number of pyridine rings is 2. The molecule has 18 nitrogen and oxygen atoms in total. The minimum absolute atomic E-state index is 0.251. The van der Waals surface area contributed by atoms with E-state index in [9.17, 15) is 9.59 Å². The number of nitrogens with two attached hydrogens (primary N) is 1. The Kier molecular flexibility index (Phi) is 20.7. The maximum Gasteiger partial charge on any atom is 0.249 e. The van der Waals surface area contributed by atoms with Gasteiger partial charge in [-0.2, -0.15) is 0 Å². The average Bonchev–Trinajstić information content (AvgIpc) is 3.36. The molecule has 0 unspecified atom stereocenters. The number of amides is 1. The number of nitrogens with one attached hydrogen (secondary N) is 3. The van der Waals surface area contributed by atoms with Crippen molar-refractivity contribution < 1.29 is 28.5 Å². The molecule has 0 bridgehead atoms. The van der Waals surface area contributed by atoms with Crippen LogP contribution < -0.4 is 40.6 Å². The van der Waals surface area contributed by atoms with Gasteiger partial charge in [0.05, 0.1) is 0 Å². The van der Waals surface area contributed by atoms with Gasteiger partial charge in [0.25, 0.3) is 0 Å². The van der Waals surface area contributed by atoms with Gasteiger partial charge in [-0.1, -0.05) is 60.7 Å². The molecule has 73 heavy (non-hydrogen) atoms. The number of nitrogen functional groups attached to an aromatic ring is 1. The van der Waals surface area contributed by atoms with E-state index >= 15 is 0 Å². The summed E-state index contributed by atoms with van der Waals surface area (Å²) in [6, 6.07) is 47.6. The van der Waals surface area contributed by atoms with Gasteiger partial charge < -0.3 is 50.4 Å². The van der Waals surface area contributed by atoms with Crippen LogP contribution in [0.5, 0.6) is 46.3 Å². The van der Waals surface area contributed by atoms with Crippen LogP contribution in [-0.2, 0) is 9.59 Å². The molecule has 1 amide bonds. The minimum atomic E-state index is -0.420. The Morgan fingerprint density at radius 1 is 0.493 bits per heavy atom. The molecular weight excluding hydrogens is 948 g/mol. The van der Waals surface area contributed by atoms with Crippen LogP contribution in [0, 0.1) is 0 Å². The highest BCUT2D eigenvalue weighted by Crippen LogP contribution is 2.29. The Bertz CT molecular complexity index is 3020. The standard InChI is InChI=1S/C27H26N6O3.C21H17N5O2.C6H10ClNO/c1-33(2)17-7-12-26(34)32-24-11-6-10-23(30-24)31-25-18-27(29-19-28-25)36-22-15-13-21(14-16-22)35-20-8-4-3-5-9-20;22-18-7-4-8-19(25-18)26-20-13-21(24-14-23-20)28-17-11-9-16(10-12-17)27-15-5-2-1-3-6-15;1-8(2)5-3-4-6(7)9/h3-16,18-19H,17H2,1-2H3,(H2,28,29,30,31,32,34);1-14H,(H3,22,23,24,25,26);3-4H,5H2,1-2H3/b12-7+;;4-3+. The topological polar surface area (TPSA) is 217 Å². The average molecular weight is 1000 g/mol. The number of anilines is 6. The third kappa shape index (κ3) is 20.3. The van der Waals surface area contributed by atoms with Crippen molar-refractivity contribution in [1.29, 1.82) is 0 Å². The van der Waals surface area contributed by atoms with Crippen LogP contribution in [0.2, 0.25) is 0 Å². The number of nitrogens with zero attached hydrogens (tertiary/aromatic N) is 8. The van der Waals surface area contributed by atoms with Gasteiger partial charge in [0, 0.05) is 31.3 Å². The Morgan fingerprint density at radius 2 is 0.904 bits per heavy atom. The first kappa shape index (κ1) is 53.1. The van der Waals surface area contributed by atoms with Crippen LogP contribution >= 0.6 is 11.6 Å². The first-order chi connectivity index (χ1) is 35.4. The van der Waals surface area contributed by atoms with Crippen LogP contribution in [0.3, 0.4) is 0 Å². The van der Waals surface area contributed by atoms with Gasteiger partial charge in [0.2, 0.25) is 22.9 Å². The van der Waals surface area contributed by atoms with E-state index in [1.54, 1.807) is 66.7 Å². The number of likely N-dealkylation sites (N-methyl/N-ethyl adjacent to an activating group) is 2. The number of allylic oxidation sites excluding steroid dienone is 1. The summed E-state index contributed by atoms with van der Waals surface area (Å²) < 4.78 is 23.2. The molecule has 0 aliphatic carbocycles. The van der Waals surface area contributed by atoms with Crippen molar-refractivity contribution in [2.45, 2.75) is 0 Å². The van der Waals surface area contributed by atoms with Crippen LogP contribution in [0.4, 0.5) is 34.9 Å². The van der Waals surface area contributed by atoms with Crippen LogP contribution in [-0.4, -0.2) is 92.1 Å². The highest BCUT2D eigenvalue weighted by Gasteiger charge is 2.08. The molecule has 0 spiro atoms. The lowest BCUT2D eigenvalue weighted by Gasteiger charge is -2.10. The Balaban J connectivity index is 0.000000208. The summed E-state index contributed by atoms with van der Waals surface area (Å²) in [4.78, 5) is 51.3. The number of hydrogen-bond donors (Lipinski definition) is 4. The zero-order valence-electron chi connectivity index (χ0n) is 40.4. The molecule has 0 aliphatic heterocycles. The number of benzene rings is 4. The Hall–Kier alpha value is -9.23. The SMILES string of the molecule is CN(C)C/C=C/C(=O)Cl.CN(C)C/C=C/C(=O)Nc1cccc(Nc2cc(Oc3ccc(Oc4ccccc4)cc3)ncn2)n1.Nc1cccc(Nc2cc(Oc3ccc(Oc4ccccc4)cc3)ncn2)n1. The van der Waals surface area contributed by atoms with Crippen LogP contribution in [0.15, 0.2) is 195 Å². The maximum atomic E-state index is 12.1. The van der Waals surface area contributed by atoms with Crippen molar-refractivity contribution in [3.8, 4) is 46.3 Å². The summed E-state index contributed by atoms with van der Waals surface area (Å²) in [6.07, 6.45) is 9.14. The smallest absolute Gasteiger partial charge is 0.249 e. The summed E-state index contributed by atoms with van der Waals surface area (Å²) in [5.74, 6) is 7.68. The third-order valence-corrected chi connectivity index (χ3v) is 9.20. The summed E-state index contributed by atoms with van der Waals surface area (Å²) in [5, 5.41) is 8.49. The van der Waals surface area contributed by atoms with Crippen molar-refractivity contribution in [2.24, 2.45) is 0 Å². The predicted octanol–water partition coefficient (Wildman–Crippen LogP) is 10.9. The van der Waals surface area contributed by atoms with Crippen LogP contribution in [0.25, 0.3) is 0 Å². The number of halogens is 1. The second-order valence-electron chi connectivity index (χ2n) is 15.7. The Morgan fingerprint density at radius 3 is 1.36 bits per heavy atom. The van der Waals surface area contributed by atoms with Gasteiger partial charge in [-0.25, -0.2) is 29.9 Å². The molecule has 0 aliphatic rings. The predicted molar refractivity (Wildman–Crippen MR) is 284 cm³/mol. The van der Waals surface area contributed by atoms with Gasteiger partial charge in [0.15, 0.2) is 0 Å². The summed E-state index contributed by atoms with van der Waals surface area (Å²) in [6.45, 7) is 1.42. The van der Waals surface area contributed by atoms with Gasteiger partial charge in [-0.15, -0.1) is 0 Å². The van der Waals surface area contributed by atoms with E-state index < -0.39 is 5.24 Å². The molecule has 4 aromatic carbocycles. The number of ether oxygens (including phenoxy) is 4. The van der Waals surface area contributed by atoms with E-state index in [-0.39, 0.29) is 5.91 Å². The highest BCUT2D eigenvalue weighted by atomic mass is 35.5. The molecule has 5 N–H and O–H groups in total. The van der Waals surface area contributed by atoms with Gasteiger partial charge in [0.1, 0.15) is 82.1 Å². The fourth-order valence-electron chi connectivity index (χ4n) is 5.82. The zero-order valence-corrected chi connectivity index (χ0v) is 41.1. The molecule has 19 heteroatoms. The number of para-hydroxylation sites is 2. The van der Waals surface area contributed by atoms with Crippen LogP contribution in [0.1, 0.15) is 0 Å². The van der Waals surface area contributed by atoms with Gasteiger partial charge in [-0.05, 0) is 143 Å². The van der Waals surface area contributed by atoms with E-state index in [0.29, 0.717) is 70.5 Å². The molecule has 0 fully saturated rings. The van der Waals surface area contributed by atoms with Crippen molar-refractivity contribution in [3.05, 3.63) is 195 Å². The molecule has 8 aromatic rings. The molecule has 8 rings (SSSR count). The largest absolute Gasteiger partial charge is 0.457 e. The van der Waals surface area contributed by atoms with E-state index in [0.717, 1.165) is 23.8 Å². The summed E-state index contributed by atoms with van der Waals surface area (Å²) in [7, 11) is 7.70. The molecule has 0 atom stereocenters. The van der Waals surface area contributed by atoms with E-state index in [2.05, 4.69) is 45.9 Å². The van der Waals surface area contributed by atoms with Crippen molar-refractivity contribution in [2.75, 3.05) is 63.0 Å². The lowest BCUT2D eigenvalue weighted by atomic mass is 10.3. The number of carbonyl (C=O) groups excluding carboxylic acids is 2. The van der Waals surface area contributed by atoms with Crippen molar-refractivity contribution in [3.63, 3.8) is 0 Å². The monoisotopic (exact) mass is 1000 g/mol. The molecule has 4 aromatic heterocycles. The number of rotatable bonds is 19. The third-order valence-electron chi connectivity index (χ3n) is 9.08. The fraction of sp³-hybridized carbons (Fsp3) is 0.111. The molecular formula is C54H53ClN12O6. The highest BCUT2D eigenvalue weighted by molar-refractivity contribution is 6.66. The summed E-state index contributed by atoms with van der Waals surface area (Å²) >= 11 is 5.02. The lowest BCUT2D eigenvalue weighted by Crippen LogP contribution is -2.13. The minimum Gasteiger partial charge on any atom is -0.457 e. The molecule has 4 heterocycles. The zero-order chi connectivity index (χ0) is 51.6. The van der Waals surface area contributed by atoms with E-state index in [1.807, 2.05) is 141 Å². The number of aromatic nitrogens is 6. The molecule has 0 radical (unpaired) electrons. The lowest BCUT2D eigenvalue weighted by molar-refractivity contribution is -0.112. The van der Waals surface area contributed by atoms with Crippen molar-refractivity contribution >= 4 is 57.7 Å². The quantitative estimate of drug-likeness (QED) is 0.0437. The number of carbonyl (C=O) groups is 2. The maximum absolute atomic E-state index is 12.1. The molecule has 372 valence electrons. The summed E-state index contributed by atoms with van der Waals surface area (Å²) in [5.41, 5.74) is 5.69. The van der Waals surface area contributed by atoms with E-state index in [4.69, 9.17) is 36.3 Å². The van der Waals surface area contributed by atoms with Gasteiger partial charge >= 0.3 is 0 Å². The normalized spacial score (nSPS) is 10.7. The fourth-order valence-corrected chi connectivity index (χ4v) is 5.91. The van der Waals surface area contributed by atoms with E-state index in [1.165, 1.54) is 24.8 Å². The Labute approximate surface area is 428 Å². The molecule has 0 saturated carbocycles. The number of hydrogen-bond acceptors (Lipinski definition) is 17.